The van der Waals surface area contributed by atoms with Crippen molar-refractivity contribution in [3.63, 3.8) is 0 Å². The first-order chi connectivity index (χ1) is 10.3. The number of aryl methyl sites for hydroxylation is 2. The third-order valence-corrected chi connectivity index (χ3v) is 4.56. The molecule has 1 aromatic carbocycles. The lowest BCUT2D eigenvalue weighted by molar-refractivity contribution is 0.900. The first-order valence-electron chi connectivity index (χ1n) is 6.86. The van der Waals surface area contributed by atoms with Gasteiger partial charge in [-0.25, -0.2) is 9.97 Å². The second-order valence-electron chi connectivity index (χ2n) is 5.12. The third kappa shape index (κ3) is 2.14. The SMILES string of the molecule is N#Cc1cc2c(nc1Nc1ccc3ncsc3c1)CCC2. The lowest BCUT2D eigenvalue weighted by Crippen LogP contribution is -2.00. The molecular weight excluding hydrogens is 280 g/mol. The molecule has 0 fully saturated rings. The third-order valence-electron chi connectivity index (χ3n) is 3.77. The number of thiazole rings is 1. The maximum atomic E-state index is 9.33. The van der Waals surface area contributed by atoms with Crippen LogP contribution in [0.1, 0.15) is 23.2 Å². The van der Waals surface area contributed by atoms with Gasteiger partial charge in [0.15, 0.2) is 0 Å². The highest BCUT2D eigenvalue weighted by Gasteiger charge is 2.16. The molecule has 0 unspecified atom stereocenters. The van der Waals surface area contributed by atoms with Gasteiger partial charge in [-0.1, -0.05) is 0 Å². The Balaban J connectivity index is 1.74. The average Bonchev–Trinajstić information content (AvgIpc) is 3.13. The fourth-order valence-corrected chi connectivity index (χ4v) is 3.44. The Morgan fingerprint density at radius 3 is 3.10 bits per heavy atom. The summed E-state index contributed by atoms with van der Waals surface area (Å²) >= 11 is 1.61. The Kier molecular flexibility index (Phi) is 2.83. The number of aromatic nitrogens is 2. The number of hydrogen-bond acceptors (Lipinski definition) is 5. The minimum absolute atomic E-state index is 0.611. The van der Waals surface area contributed by atoms with E-state index in [4.69, 9.17) is 0 Å². The van der Waals surface area contributed by atoms with Crippen LogP contribution < -0.4 is 5.32 Å². The van der Waals surface area contributed by atoms with Crippen LogP contribution in [0, 0.1) is 11.3 Å². The summed E-state index contributed by atoms with van der Waals surface area (Å²) in [6.45, 7) is 0. The normalized spacial score (nSPS) is 13.1. The number of hydrogen-bond donors (Lipinski definition) is 1. The molecule has 2 aromatic heterocycles. The fourth-order valence-electron chi connectivity index (χ4n) is 2.72. The Bertz CT molecular complexity index is 876. The largest absolute Gasteiger partial charge is 0.339 e. The van der Waals surface area contributed by atoms with E-state index in [1.807, 2.05) is 29.8 Å². The summed E-state index contributed by atoms with van der Waals surface area (Å²) in [4.78, 5) is 8.91. The zero-order chi connectivity index (χ0) is 14.2. The van der Waals surface area contributed by atoms with Crippen molar-refractivity contribution < 1.29 is 0 Å². The standard InChI is InChI=1S/C16H12N4S/c17-8-11-6-10-2-1-3-13(10)20-16(11)19-12-4-5-14-15(7-12)21-9-18-14/h4-7,9H,1-3H2,(H,19,20). The molecular formula is C16H12N4S. The van der Waals surface area contributed by atoms with Crippen molar-refractivity contribution in [2.45, 2.75) is 19.3 Å². The van der Waals surface area contributed by atoms with Gasteiger partial charge in [-0.2, -0.15) is 5.26 Å². The van der Waals surface area contributed by atoms with Crippen molar-refractivity contribution >= 4 is 33.1 Å². The molecule has 1 N–H and O–H groups in total. The molecule has 21 heavy (non-hydrogen) atoms. The average molecular weight is 292 g/mol. The summed E-state index contributed by atoms with van der Waals surface area (Å²) in [6, 6.07) is 10.2. The van der Waals surface area contributed by atoms with E-state index >= 15 is 0 Å². The van der Waals surface area contributed by atoms with E-state index in [2.05, 4.69) is 21.4 Å². The van der Waals surface area contributed by atoms with Crippen LogP contribution in [0.5, 0.6) is 0 Å². The topological polar surface area (TPSA) is 61.6 Å². The quantitative estimate of drug-likeness (QED) is 0.780. The summed E-state index contributed by atoms with van der Waals surface area (Å²) in [5, 5.41) is 12.6. The minimum atomic E-state index is 0.611. The van der Waals surface area contributed by atoms with Gasteiger partial charge in [0.25, 0.3) is 0 Å². The van der Waals surface area contributed by atoms with E-state index in [0.717, 1.165) is 40.9 Å². The Hall–Kier alpha value is -2.45. The van der Waals surface area contributed by atoms with E-state index in [0.29, 0.717) is 11.4 Å². The monoisotopic (exact) mass is 292 g/mol. The lowest BCUT2D eigenvalue weighted by atomic mass is 10.1. The number of fused-ring (bicyclic) bond motifs is 2. The van der Waals surface area contributed by atoms with Gasteiger partial charge >= 0.3 is 0 Å². The van der Waals surface area contributed by atoms with Crippen LogP contribution in [-0.2, 0) is 12.8 Å². The number of nitrogens with zero attached hydrogens (tertiary/aromatic N) is 3. The van der Waals surface area contributed by atoms with Crippen LogP contribution in [0.2, 0.25) is 0 Å². The van der Waals surface area contributed by atoms with Gasteiger partial charge in [0.05, 0.1) is 21.3 Å². The maximum Gasteiger partial charge on any atom is 0.148 e. The predicted molar refractivity (Wildman–Crippen MR) is 83.9 cm³/mol. The van der Waals surface area contributed by atoms with Crippen molar-refractivity contribution in [2.75, 3.05) is 5.32 Å². The van der Waals surface area contributed by atoms with Gasteiger partial charge in [-0.15, -0.1) is 11.3 Å². The van der Waals surface area contributed by atoms with Gasteiger partial charge in [-0.05, 0) is 49.1 Å². The van der Waals surface area contributed by atoms with Crippen LogP contribution in [0.25, 0.3) is 10.2 Å². The van der Waals surface area contributed by atoms with Crippen LogP contribution in [0.15, 0.2) is 29.8 Å². The van der Waals surface area contributed by atoms with E-state index in [1.54, 1.807) is 11.3 Å². The molecule has 2 heterocycles. The second kappa shape index (κ2) is 4.83. The van der Waals surface area contributed by atoms with Crippen molar-refractivity contribution in [2.24, 2.45) is 0 Å². The number of anilines is 2. The Morgan fingerprint density at radius 1 is 1.24 bits per heavy atom. The molecule has 1 aliphatic carbocycles. The van der Waals surface area contributed by atoms with E-state index in [-0.39, 0.29) is 0 Å². The molecule has 4 nitrogen and oxygen atoms in total. The van der Waals surface area contributed by atoms with E-state index in [9.17, 15) is 5.26 Å². The van der Waals surface area contributed by atoms with Crippen molar-refractivity contribution in [1.82, 2.24) is 9.97 Å². The highest BCUT2D eigenvalue weighted by molar-refractivity contribution is 7.16. The number of nitriles is 1. The zero-order valence-corrected chi connectivity index (χ0v) is 12.1. The number of pyridine rings is 1. The second-order valence-corrected chi connectivity index (χ2v) is 6.00. The number of rotatable bonds is 2. The van der Waals surface area contributed by atoms with Gasteiger partial charge < -0.3 is 5.32 Å². The summed E-state index contributed by atoms with van der Waals surface area (Å²) in [6.07, 6.45) is 3.16. The summed E-state index contributed by atoms with van der Waals surface area (Å²) in [5.74, 6) is 0.655. The summed E-state index contributed by atoms with van der Waals surface area (Å²) in [7, 11) is 0. The molecule has 4 rings (SSSR count). The molecule has 0 radical (unpaired) electrons. The molecule has 0 spiro atoms. The highest BCUT2D eigenvalue weighted by Crippen LogP contribution is 2.28. The molecule has 0 atom stereocenters. The Morgan fingerprint density at radius 2 is 2.19 bits per heavy atom. The van der Waals surface area contributed by atoms with Crippen molar-refractivity contribution in [3.8, 4) is 6.07 Å². The lowest BCUT2D eigenvalue weighted by Gasteiger charge is -2.09. The van der Waals surface area contributed by atoms with Gasteiger partial charge in [-0.3, -0.25) is 0 Å². The molecule has 102 valence electrons. The van der Waals surface area contributed by atoms with Crippen LogP contribution in [-0.4, -0.2) is 9.97 Å². The fraction of sp³-hybridized carbons (Fsp3) is 0.188. The molecule has 5 heteroatoms. The van der Waals surface area contributed by atoms with E-state index < -0.39 is 0 Å². The molecule has 3 aromatic rings. The zero-order valence-electron chi connectivity index (χ0n) is 11.3. The van der Waals surface area contributed by atoms with Crippen molar-refractivity contribution in [1.29, 1.82) is 5.26 Å². The van der Waals surface area contributed by atoms with Crippen LogP contribution in [0.4, 0.5) is 11.5 Å². The van der Waals surface area contributed by atoms with Gasteiger partial charge in [0, 0.05) is 11.4 Å². The van der Waals surface area contributed by atoms with Crippen LogP contribution in [0.3, 0.4) is 0 Å². The van der Waals surface area contributed by atoms with Gasteiger partial charge in [0.1, 0.15) is 11.9 Å². The first kappa shape index (κ1) is 12.3. The van der Waals surface area contributed by atoms with Crippen molar-refractivity contribution in [3.05, 3.63) is 46.6 Å². The van der Waals surface area contributed by atoms with E-state index in [1.165, 1.54) is 5.56 Å². The molecule has 0 saturated carbocycles. The molecule has 0 aliphatic heterocycles. The van der Waals surface area contributed by atoms with Crippen LogP contribution >= 0.6 is 11.3 Å². The summed E-state index contributed by atoms with van der Waals surface area (Å²) in [5.41, 5.74) is 6.72. The molecule has 0 amide bonds. The first-order valence-corrected chi connectivity index (χ1v) is 7.74. The number of nitrogens with one attached hydrogen (secondary N) is 1. The minimum Gasteiger partial charge on any atom is -0.339 e. The molecule has 1 aliphatic rings. The molecule has 0 saturated heterocycles. The molecule has 0 bridgehead atoms. The smallest absolute Gasteiger partial charge is 0.148 e. The van der Waals surface area contributed by atoms with Gasteiger partial charge in [0.2, 0.25) is 0 Å². The maximum absolute atomic E-state index is 9.33. The highest BCUT2D eigenvalue weighted by atomic mass is 32.1. The number of benzene rings is 1. The predicted octanol–water partition coefficient (Wildman–Crippen LogP) is 3.80. The summed E-state index contributed by atoms with van der Waals surface area (Å²) < 4.78 is 1.12. The Labute approximate surface area is 126 Å².